The second kappa shape index (κ2) is 5.02. The van der Waals surface area contributed by atoms with Crippen molar-refractivity contribution in [3.63, 3.8) is 0 Å². The highest BCUT2D eigenvalue weighted by Gasteiger charge is 2.26. The Morgan fingerprint density at radius 1 is 1.10 bits per heavy atom. The Morgan fingerprint density at radius 2 is 1.95 bits per heavy atom. The number of anilines is 1. The Balaban J connectivity index is 1.73. The number of aromatic nitrogens is 2. The second-order valence-electron chi connectivity index (χ2n) is 4.76. The summed E-state index contributed by atoms with van der Waals surface area (Å²) in [5.74, 6) is 0. The summed E-state index contributed by atoms with van der Waals surface area (Å²) in [6.07, 6.45) is 3.57. The highest BCUT2D eigenvalue weighted by atomic mass is 32.1. The van der Waals surface area contributed by atoms with Gasteiger partial charge in [-0.05, 0) is 35.7 Å². The number of hydrogen-bond acceptors (Lipinski definition) is 4. The minimum atomic E-state index is 0.720. The Bertz CT molecular complexity index is 798. The molecule has 0 saturated carbocycles. The molecule has 4 rings (SSSR count). The lowest BCUT2D eigenvalue weighted by Gasteiger charge is -2.17. The third-order valence-corrected chi connectivity index (χ3v) is 4.84. The van der Waals surface area contributed by atoms with E-state index in [1.165, 1.54) is 4.88 Å². The molecule has 1 aliphatic rings. The summed E-state index contributed by atoms with van der Waals surface area (Å²) in [4.78, 5) is 13.0. The Labute approximate surface area is 131 Å². The first-order valence-electron chi connectivity index (χ1n) is 6.58. The molecular weight excluding hydrogens is 298 g/mol. The van der Waals surface area contributed by atoms with E-state index in [-0.39, 0.29) is 0 Å². The standard InChI is InChI=1S/C16H11N3S2/c20-16-12-3-4-13(15-2-1-9-21-15)18-14(12)10-19(16)11-5-7-17-8-6-11/h1-9H,10H2. The fraction of sp³-hybridized carbons (Fsp3) is 0.0625. The van der Waals surface area contributed by atoms with Gasteiger partial charge in [0.1, 0.15) is 4.99 Å². The second-order valence-corrected chi connectivity index (χ2v) is 6.10. The highest BCUT2D eigenvalue weighted by Crippen LogP contribution is 2.30. The van der Waals surface area contributed by atoms with Gasteiger partial charge in [-0.3, -0.25) is 4.98 Å². The molecule has 1 aliphatic heterocycles. The summed E-state index contributed by atoms with van der Waals surface area (Å²) in [5, 5.41) is 2.07. The van der Waals surface area contributed by atoms with Crippen LogP contribution in [0.4, 0.5) is 5.69 Å². The lowest BCUT2D eigenvalue weighted by atomic mass is 10.2. The molecule has 3 aromatic rings. The first-order chi connectivity index (χ1) is 10.3. The van der Waals surface area contributed by atoms with Gasteiger partial charge >= 0.3 is 0 Å². The van der Waals surface area contributed by atoms with Crippen LogP contribution >= 0.6 is 23.6 Å². The molecule has 0 fully saturated rings. The topological polar surface area (TPSA) is 29.0 Å². The van der Waals surface area contributed by atoms with Crippen LogP contribution in [0.3, 0.4) is 0 Å². The van der Waals surface area contributed by atoms with Crippen molar-refractivity contribution in [3.8, 4) is 10.6 Å². The zero-order valence-electron chi connectivity index (χ0n) is 11.1. The average Bonchev–Trinajstić information content (AvgIpc) is 3.16. The predicted molar refractivity (Wildman–Crippen MR) is 89.7 cm³/mol. The van der Waals surface area contributed by atoms with E-state index in [0.29, 0.717) is 0 Å². The van der Waals surface area contributed by atoms with Crippen LogP contribution in [0.25, 0.3) is 10.6 Å². The molecule has 0 atom stereocenters. The van der Waals surface area contributed by atoms with Gasteiger partial charge in [0.05, 0.1) is 22.8 Å². The van der Waals surface area contributed by atoms with Crippen LogP contribution in [-0.4, -0.2) is 15.0 Å². The number of thiocarbonyl (C=S) groups is 1. The Hall–Kier alpha value is -2.11. The third-order valence-electron chi connectivity index (χ3n) is 3.51. The molecule has 5 heteroatoms. The molecular formula is C16H11N3S2. The smallest absolute Gasteiger partial charge is 0.115 e. The van der Waals surface area contributed by atoms with Crippen LogP contribution in [0.5, 0.6) is 0 Å². The van der Waals surface area contributed by atoms with Gasteiger partial charge in [0.15, 0.2) is 0 Å². The van der Waals surface area contributed by atoms with Crippen molar-refractivity contribution in [2.24, 2.45) is 0 Å². The van der Waals surface area contributed by atoms with Crippen LogP contribution in [0, 0.1) is 0 Å². The summed E-state index contributed by atoms with van der Waals surface area (Å²) in [5.41, 5.74) is 4.18. The number of fused-ring (bicyclic) bond motifs is 1. The molecule has 102 valence electrons. The van der Waals surface area contributed by atoms with Gasteiger partial charge in [0, 0.05) is 23.6 Å². The molecule has 3 nitrogen and oxygen atoms in total. The first kappa shape index (κ1) is 12.6. The minimum Gasteiger partial charge on any atom is -0.326 e. The van der Waals surface area contributed by atoms with E-state index in [1.807, 2.05) is 24.3 Å². The summed E-state index contributed by atoms with van der Waals surface area (Å²) in [6.45, 7) is 0.720. The van der Waals surface area contributed by atoms with E-state index in [0.717, 1.165) is 34.2 Å². The predicted octanol–water partition coefficient (Wildman–Crippen LogP) is 3.90. The highest BCUT2D eigenvalue weighted by molar-refractivity contribution is 7.81. The summed E-state index contributed by atoms with van der Waals surface area (Å²) in [7, 11) is 0. The van der Waals surface area contributed by atoms with E-state index in [4.69, 9.17) is 17.2 Å². The first-order valence-corrected chi connectivity index (χ1v) is 7.87. The molecule has 0 amide bonds. The van der Waals surface area contributed by atoms with Crippen LogP contribution in [-0.2, 0) is 6.54 Å². The largest absolute Gasteiger partial charge is 0.326 e. The third kappa shape index (κ3) is 2.14. The van der Waals surface area contributed by atoms with Crippen molar-refractivity contribution >= 4 is 34.2 Å². The monoisotopic (exact) mass is 309 g/mol. The van der Waals surface area contributed by atoms with Crippen molar-refractivity contribution < 1.29 is 0 Å². The number of nitrogens with zero attached hydrogens (tertiary/aromatic N) is 3. The van der Waals surface area contributed by atoms with E-state index >= 15 is 0 Å². The van der Waals surface area contributed by atoms with Crippen molar-refractivity contribution in [1.29, 1.82) is 0 Å². The molecule has 3 aromatic heterocycles. The number of rotatable bonds is 2. The van der Waals surface area contributed by atoms with E-state index in [1.54, 1.807) is 23.7 Å². The van der Waals surface area contributed by atoms with E-state index in [2.05, 4.69) is 27.4 Å². The zero-order chi connectivity index (χ0) is 14.2. The van der Waals surface area contributed by atoms with Crippen molar-refractivity contribution in [2.75, 3.05) is 4.90 Å². The lowest BCUT2D eigenvalue weighted by Crippen LogP contribution is -2.21. The van der Waals surface area contributed by atoms with Crippen molar-refractivity contribution in [2.45, 2.75) is 6.54 Å². The molecule has 4 heterocycles. The Kier molecular flexibility index (Phi) is 3.02. The maximum absolute atomic E-state index is 5.59. The quantitative estimate of drug-likeness (QED) is 0.671. The number of thiophene rings is 1. The fourth-order valence-corrected chi connectivity index (χ4v) is 3.53. The molecule has 0 saturated heterocycles. The number of pyridine rings is 2. The fourth-order valence-electron chi connectivity index (χ4n) is 2.48. The van der Waals surface area contributed by atoms with Crippen LogP contribution in [0.15, 0.2) is 54.2 Å². The van der Waals surface area contributed by atoms with Crippen molar-refractivity contribution in [1.82, 2.24) is 9.97 Å². The average molecular weight is 309 g/mol. The van der Waals surface area contributed by atoms with Crippen LogP contribution in [0.2, 0.25) is 0 Å². The summed E-state index contributed by atoms with van der Waals surface area (Å²) >= 11 is 7.29. The molecule has 0 spiro atoms. The molecule has 0 aromatic carbocycles. The van der Waals surface area contributed by atoms with Crippen LogP contribution < -0.4 is 4.90 Å². The normalized spacial score (nSPS) is 13.5. The zero-order valence-corrected chi connectivity index (χ0v) is 12.7. The molecule has 0 bridgehead atoms. The Morgan fingerprint density at radius 3 is 2.71 bits per heavy atom. The van der Waals surface area contributed by atoms with Crippen molar-refractivity contribution in [3.05, 3.63) is 65.4 Å². The van der Waals surface area contributed by atoms with Gasteiger partial charge < -0.3 is 4.90 Å². The maximum Gasteiger partial charge on any atom is 0.115 e. The van der Waals surface area contributed by atoms with E-state index in [9.17, 15) is 0 Å². The SMILES string of the molecule is S=C1c2ccc(-c3cccs3)nc2CN1c1ccncc1. The van der Waals surface area contributed by atoms with Gasteiger partial charge in [-0.25, -0.2) is 4.98 Å². The van der Waals surface area contributed by atoms with Gasteiger partial charge in [-0.2, -0.15) is 0 Å². The summed E-state index contributed by atoms with van der Waals surface area (Å²) in [6, 6.07) is 12.2. The summed E-state index contributed by atoms with van der Waals surface area (Å²) < 4.78 is 0. The van der Waals surface area contributed by atoms with Crippen LogP contribution in [0.1, 0.15) is 11.3 Å². The number of hydrogen-bond donors (Lipinski definition) is 0. The molecule has 21 heavy (non-hydrogen) atoms. The molecule has 0 radical (unpaired) electrons. The lowest BCUT2D eigenvalue weighted by molar-refractivity contribution is 0.999. The molecule has 0 unspecified atom stereocenters. The van der Waals surface area contributed by atoms with Gasteiger partial charge in [0.25, 0.3) is 0 Å². The van der Waals surface area contributed by atoms with Gasteiger partial charge in [-0.1, -0.05) is 18.3 Å². The minimum absolute atomic E-state index is 0.720. The maximum atomic E-state index is 5.59. The van der Waals surface area contributed by atoms with E-state index < -0.39 is 0 Å². The molecule has 0 aliphatic carbocycles. The molecule has 0 N–H and O–H groups in total. The van der Waals surface area contributed by atoms with Gasteiger partial charge in [0.2, 0.25) is 0 Å². The van der Waals surface area contributed by atoms with Gasteiger partial charge in [-0.15, -0.1) is 11.3 Å².